The van der Waals surface area contributed by atoms with Crippen LogP contribution in [0.4, 0.5) is 0 Å². The van der Waals surface area contributed by atoms with Crippen LogP contribution in [0.25, 0.3) is 0 Å². The number of ether oxygens (including phenoxy) is 2. The van der Waals surface area contributed by atoms with Crippen molar-refractivity contribution in [1.82, 2.24) is 0 Å². The lowest BCUT2D eigenvalue weighted by Gasteiger charge is -2.28. The smallest absolute Gasteiger partial charge is 0.306 e. The van der Waals surface area contributed by atoms with E-state index in [0.29, 0.717) is 23.9 Å². The van der Waals surface area contributed by atoms with E-state index in [2.05, 4.69) is 74.6 Å². The molecule has 2 atom stereocenters. The molecule has 0 heterocycles. The third-order valence-electron chi connectivity index (χ3n) is 9.52. The molecule has 0 aromatic rings. The van der Waals surface area contributed by atoms with Crippen LogP contribution in [0.3, 0.4) is 0 Å². The van der Waals surface area contributed by atoms with Gasteiger partial charge in [-0.15, -0.1) is 0 Å². The molecule has 0 radical (unpaired) electrons. The van der Waals surface area contributed by atoms with Gasteiger partial charge in [0.2, 0.25) is 0 Å². The van der Waals surface area contributed by atoms with Crippen LogP contribution < -0.4 is 4.89 Å². The number of nitrogens with zero attached hydrogens (tertiary/aromatic N) is 1. The Kier molecular flexibility index (Phi) is 38.5. The average molecular weight is 836 g/mol. The molecule has 0 aromatic heterocycles. The van der Waals surface area contributed by atoms with Crippen LogP contribution in [-0.2, 0) is 32.7 Å². The van der Waals surface area contributed by atoms with Gasteiger partial charge in [-0.3, -0.25) is 14.2 Å². The molecule has 0 aromatic carbocycles. The second-order valence-electron chi connectivity index (χ2n) is 16.4. The van der Waals surface area contributed by atoms with Crippen molar-refractivity contribution in [1.29, 1.82) is 0 Å². The summed E-state index contributed by atoms with van der Waals surface area (Å²) < 4.78 is 33.9. The molecule has 0 aliphatic heterocycles. The van der Waals surface area contributed by atoms with Crippen LogP contribution in [-0.4, -0.2) is 70.0 Å². The second kappa shape index (κ2) is 40.1. The summed E-state index contributed by atoms with van der Waals surface area (Å²) in [7, 11) is 1.13. The quantitative estimate of drug-likeness (QED) is 0.0197. The normalized spacial score (nSPS) is 14.1. The number of carbonyl (C=O) groups is 2. The molecule has 0 saturated carbocycles. The highest BCUT2D eigenvalue weighted by molar-refractivity contribution is 7.45. The summed E-state index contributed by atoms with van der Waals surface area (Å²) in [6, 6.07) is 0. The fourth-order valence-electron chi connectivity index (χ4n) is 5.93. The number of likely N-dealkylation sites (N-methyl/N-ethyl adjacent to an activating group) is 1. The molecule has 0 aliphatic carbocycles. The van der Waals surface area contributed by atoms with E-state index in [4.69, 9.17) is 18.5 Å². The summed E-state index contributed by atoms with van der Waals surface area (Å²) >= 11 is 0. The third kappa shape index (κ3) is 43.3. The van der Waals surface area contributed by atoms with Gasteiger partial charge >= 0.3 is 11.9 Å². The Morgan fingerprint density at radius 1 is 0.552 bits per heavy atom. The highest BCUT2D eigenvalue weighted by atomic mass is 31.2. The first-order chi connectivity index (χ1) is 28.0. The Balaban J connectivity index is 4.39. The summed E-state index contributed by atoms with van der Waals surface area (Å²) in [6.45, 7) is 4.06. The molecule has 9 nitrogen and oxygen atoms in total. The van der Waals surface area contributed by atoms with Gasteiger partial charge in [-0.05, 0) is 77.0 Å². The maximum absolute atomic E-state index is 12.7. The number of hydrogen-bond acceptors (Lipinski definition) is 8. The number of phosphoric ester groups is 1. The summed E-state index contributed by atoms with van der Waals surface area (Å²) in [5.74, 6) is -0.890. The second-order valence-corrected chi connectivity index (χ2v) is 17.8. The fraction of sp³-hybridized carbons (Fsp3) is 0.750. The Bertz CT molecular complexity index is 1170. The molecule has 1 unspecified atom stereocenters. The molecule has 10 heteroatoms. The van der Waals surface area contributed by atoms with E-state index >= 15 is 0 Å². The predicted molar refractivity (Wildman–Crippen MR) is 240 cm³/mol. The number of unbranched alkanes of at least 4 members (excludes halogenated alkanes) is 17. The van der Waals surface area contributed by atoms with E-state index in [0.717, 1.165) is 64.2 Å². The first kappa shape index (κ1) is 55.7. The van der Waals surface area contributed by atoms with E-state index < -0.39 is 32.5 Å². The van der Waals surface area contributed by atoms with Gasteiger partial charge in [-0.25, -0.2) is 0 Å². The van der Waals surface area contributed by atoms with Gasteiger partial charge in [0.25, 0.3) is 7.82 Å². The highest BCUT2D eigenvalue weighted by Crippen LogP contribution is 2.38. The predicted octanol–water partition coefficient (Wildman–Crippen LogP) is 12.6. The number of phosphoric acid groups is 1. The van der Waals surface area contributed by atoms with Crippen molar-refractivity contribution in [3.8, 4) is 0 Å². The molecular weight excluding hydrogens is 750 g/mol. The average Bonchev–Trinajstić information content (AvgIpc) is 3.17. The molecular formula is C48H86NO8P. The molecule has 0 fully saturated rings. The topological polar surface area (TPSA) is 111 Å². The Morgan fingerprint density at radius 3 is 1.52 bits per heavy atom. The van der Waals surface area contributed by atoms with Crippen molar-refractivity contribution in [2.45, 2.75) is 187 Å². The summed E-state index contributed by atoms with van der Waals surface area (Å²) in [4.78, 5) is 37.6. The number of rotatable bonds is 41. The van der Waals surface area contributed by atoms with Crippen molar-refractivity contribution < 1.29 is 42.1 Å². The largest absolute Gasteiger partial charge is 0.756 e. The Morgan fingerprint density at radius 2 is 0.983 bits per heavy atom. The van der Waals surface area contributed by atoms with Crippen LogP contribution in [0.15, 0.2) is 60.8 Å². The summed E-state index contributed by atoms with van der Waals surface area (Å²) in [6.07, 6.45) is 48.2. The van der Waals surface area contributed by atoms with Crippen molar-refractivity contribution in [2.24, 2.45) is 0 Å². The van der Waals surface area contributed by atoms with E-state index in [1.807, 2.05) is 21.1 Å². The lowest BCUT2D eigenvalue weighted by molar-refractivity contribution is -0.870. The zero-order valence-electron chi connectivity index (χ0n) is 37.7. The van der Waals surface area contributed by atoms with Crippen molar-refractivity contribution in [3.05, 3.63) is 60.8 Å². The van der Waals surface area contributed by atoms with E-state index in [9.17, 15) is 19.0 Å². The van der Waals surface area contributed by atoms with Gasteiger partial charge in [0.05, 0.1) is 27.7 Å². The molecule has 0 aliphatic rings. The molecule has 0 amide bonds. The molecule has 58 heavy (non-hydrogen) atoms. The van der Waals surface area contributed by atoms with Gasteiger partial charge in [0, 0.05) is 12.8 Å². The number of hydrogen-bond donors (Lipinski definition) is 0. The minimum atomic E-state index is -4.64. The minimum Gasteiger partial charge on any atom is -0.756 e. The lowest BCUT2D eigenvalue weighted by atomic mass is 10.1. The fourth-order valence-corrected chi connectivity index (χ4v) is 6.66. The van der Waals surface area contributed by atoms with Crippen LogP contribution in [0.1, 0.15) is 181 Å². The maximum atomic E-state index is 12.7. The SMILES string of the molecule is CC/C=C\C/C=C\C/C=C\C/C=C\CCCCC(=O)OC[C@H](COP(=O)([O-])OCC[N+](C)(C)C)OC(=O)CCCCCCCCC/C=C\CCCCCCCCCC. The molecule has 0 spiro atoms. The van der Waals surface area contributed by atoms with Crippen molar-refractivity contribution >= 4 is 19.8 Å². The highest BCUT2D eigenvalue weighted by Gasteiger charge is 2.21. The molecule has 0 saturated heterocycles. The number of esters is 2. The third-order valence-corrected chi connectivity index (χ3v) is 10.5. The first-order valence-corrected chi connectivity index (χ1v) is 24.5. The first-order valence-electron chi connectivity index (χ1n) is 23.0. The number of quaternary nitrogens is 1. The van der Waals surface area contributed by atoms with Crippen LogP contribution in [0, 0.1) is 0 Å². The van der Waals surface area contributed by atoms with Gasteiger partial charge < -0.3 is 27.9 Å². The monoisotopic (exact) mass is 836 g/mol. The van der Waals surface area contributed by atoms with E-state index in [1.54, 1.807) is 0 Å². The Labute approximate surface area is 356 Å². The van der Waals surface area contributed by atoms with Gasteiger partial charge in [0.1, 0.15) is 19.8 Å². The molecule has 0 N–H and O–H groups in total. The molecule has 0 bridgehead atoms. The van der Waals surface area contributed by atoms with Crippen LogP contribution in [0.5, 0.6) is 0 Å². The zero-order valence-corrected chi connectivity index (χ0v) is 38.6. The van der Waals surface area contributed by atoms with Crippen molar-refractivity contribution in [3.63, 3.8) is 0 Å². The number of carbonyl (C=O) groups excluding carboxylic acids is 2. The summed E-state index contributed by atoms with van der Waals surface area (Å²) in [5.41, 5.74) is 0. The van der Waals surface area contributed by atoms with Crippen LogP contribution in [0.2, 0.25) is 0 Å². The maximum Gasteiger partial charge on any atom is 0.306 e. The van der Waals surface area contributed by atoms with Crippen LogP contribution >= 0.6 is 7.82 Å². The van der Waals surface area contributed by atoms with Gasteiger partial charge in [0.15, 0.2) is 6.10 Å². The van der Waals surface area contributed by atoms with Gasteiger partial charge in [-0.1, -0.05) is 152 Å². The van der Waals surface area contributed by atoms with E-state index in [1.165, 1.54) is 77.0 Å². The van der Waals surface area contributed by atoms with Gasteiger partial charge in [-0.2, -0.15) is 0 Å². The molecule has 336 valence electrons. The molecule has 0 rings (SSSR count). The minimum absolute atomic E-state index is 0.0406. The van der Waals surface area contributed by atoms with E-state index in [-0.39, 0.29) is 26.1 Å². The van der Waals surface area contributed by atoms with Crippen molar-refractivity contribution in [2.75, 3.05) is 47.5 Å². The lowest BCUT2D eigenvalue weighted by Crippen LogP contribution is -2.37. The Hall–Kier alpha value is -2.29. The summed E-state index contributed by atoms with van der Waals surface area (Å²) in [5, 5.41) is 0. The zero-order chi connectivity index (χ0) is 42.8. The standard InChI is InChI=1S/C48H86NO8P/c1-6-8-10-12-14-16-18-20-22-23-24-25-27-29-31-33-35-37-39-41-48(51)57-46(45-56-58(52,53)55-43-42-49(3,4)5)44-54-47(50)40-38-36-34-32-30-28-26-21-19-17-15-13-11-9-7-2/h9,11,15,17,21,23-24,26,30,32,46H,6-8,10,12-14,16,18-20,22,25,27-29,31,33-45H2,1-5H3/b11-9-,17-15-,24-23-,26-21-,32-30-/t46-/m1/s1. The number of allylic oxidation sites excluding steroid dienone is 10.